The Labute approximate surface area is 145 Å². The Bertz CT molecular complexity index is 936. The third-order valence-corrected chi connectivity index (χ3v) is 7.10. The van der Waals surface area contributed by atoms with Crippen molar-refractivity contribution in [3.8, 4) is 0 Å². The van der Waals surface area contributed by atoms with E-state index >= 15 is 0 Å². The lowest BCUT2D eigenvalue weighted by molar-refractivity contribution is 0.476. The van der Waals surface area contributed by atoms with Crippen LogP contribution in [0.4, 0.5) is 9.39 Å². The first-order chi connectivity index (χ1) is 11.6. The number of aryl methyl sites for hydroxylation is 1. The fraction of sp³-hybridized carbons (Fsp3) is 0.222. The van der Waals surface area contributed by atoms with Crippen LogP contribution in [0, 0.1) is 6.92 Å². The van der Waals surface area contributed by atoms with E-state index in [-0.39, 0.29) is 17.9 Å². The Hall–Kier alpha value is -1.92. The molecule has 0 radical (unpaired) electrons. The van der Waals surface area contributed by atoms with Crippen LogP contribution >= 0.6 is 11.3 Å². The molecule has 0 spiro atoms. The van der Waals surface area contributed by atoms with Gasteiger partial charge in [-0.3, -0.25) is 8.70 Å². The molecule has 0 saturated carbocycles. The number of anilines is 1. The van der Waals surface area contributed by atoms with Gasteiger partial charge < -0.3 is 0 Å². The molecule has 0 aliphatic heterocycles. The predicted molar refractivity (Wildman–Crippen MR) is 98.1 cm³/mol. The first kappa shape index (κ1) is 16.9. The van der Waals surface area contributed by atoms with Gasteiger partial charge in [0.15, 0.2) is 0 Å². The Morgan fingerprint density at radius 3 is 2.38 bits per heavy atom. The van der Waals surface area contributed by atoms with Crippen molar-refractivity contribution in [2.45, 2.75) is 18.2 Å². The van der Waals surface area contributed by atoms with Crippen molar-refractivity contribution in [2.24, 2.45) is 0 Å². The summed E-state index contributed by atoms with van der Waals surface area (Å²) in [6.45, 7) is 1.49. The van der Waals surface area contributed by atoms with Crippen LogP contribution < -0.4 is 4.31 Å². The smallest absolute Gasteiger partial charge is 0.257 e. The molecule has 0 aliphatic rings. The minimum Gasteiger partial charge on any atom is -0.257 e. The molecule has 0 N–H and O–H groups in total. The Kier molecular flexibility index (Phi) is 4.87. The van der Waals surface area contributed by atoms with E-state index in [0.717, 1.165) is 15.6 Å². The van der Waals surface area contributed by atoms with E-state index in [4.69, 9.17) is 0 Å². The number of thiophene rings is 1. The van der Waals surface area contributed by atoms with Gasteiger partial charge in [0.25, 0.3) is 10.0 Å². The highest BCUT2D eigenvalue weighted by molar-refractivity contribution is 7.93. The van der Waals surface area contributed by atoms with E-state index in [2.05, 4.69) is 0 Å². The highest BCUT2D eigenvalue weighted by Gasteiger charge is 2.27. The molecule has 2 aromatic carbocycles. The molecule has 3 aromatic rings. The Morgan fingerprint density at radius 2 is 1.71 bits per heavy atom. The van der Waals surface area contributed by atoms with Crippen LogP contribution in [0.3, 0.4) is 0 Å². The second kappa shape index (κ2) is 6.91. The molecule has 0 amide bonds. The van der Waals surface area contributed by atoms with E-state index in [1.54, 1.807) is 30.3 Å². The summed E-state index contributed by atoms with van der Waals surface area (Å²) < 4.78 is 41.3. The van der Waals surface area contributed by atoms with Gasteiger partial charge in [-0.15, -0.1) is 11.3 Å². The van der Waals surface area contributed by atoms with Crippen LogP contribution in [0.15, 0.2) is 59.5 Å². The normalized spacial score (nSPS) is 11.8. The van der Waals surface area contributed by atoms with Crippen LogP contribution in [0.1, 0.15) is 12.0 Å². The topological polar surface area (TPSA) is 37.4 Å². The molecule has 0 bridgehead atoms. The van der Waals surface area contributed by atoms with Crippen LogP contribution in [-0.2, 0) is 10.0 Å². The number of halogens is 1. The zero-order valence-electron chi connectivity index (χ0n) is 13.3. The lowest BCUT2D eigenvalue weighted by atomic mass is 10.2. The van der Waals surface area contributed by atoms with Gasteiger partial charge in [0, 0.05) is 11.2 Å². The molecule has 0 aliphatic carbocycles. The fourth-order valence-electron chi connectivity index (χ4n) is 2.65. The first-order valence-electron chi connectivity index (χ1n) is 7.67. The molecule has 3 rings (SSSR count). The van der Waals surface area contributed by atoms with Crippen LogP contribution in [0.25, 0.3) is 10.1 Å². The second-order valence-electron chi connectivity index (χ2n) is 5.46. The monoisotopic (exact) mass is 363 g/mol. The van der Waals surface area contributed by atoms with Gasteiger partial charge in [0.1, 0.15) is 5.00 Å². The first-order valence-corrected chi connectivity index (χ1v) is 9.93. The second-order valence-corrected chi connectivity index (χ2v) is 8.35. The third kappa shape index (κ3) is 3.03. The summed E-state index contributed by atoms with van der Waals surface area (Å²) in [4.78, 5) is 0.223. The number of hydrogen-bond acceptors (Lipinski definition) is 3. The summed E-state index contributed by atoms with van der Waals surface area (Å²) in [5.74, 6) is 0. The fourth-order valence-corrected chi connectivity index (χ4v) is 5.68. The number of nitrogens with zero attached hydrogens (tertiary/aromatic N) is 1. The Balaban J connectivity index is 2.14. The van der Waals surface area contributed by atoms with Gasteiger partial charge in [-0.05, 0) is 42.5 Å². The summed E-state index contributed by atoms with van der Waals surface area (Å²) in [5.41, 5.74) is 0.911. The van der Waals surface area contributed by atoms with Crippen molar-refractivity contribution in [1.82, 2.24) is 0 Å². The molecule has 3 nitrogen and oxygen atoms in total. The minimum absolute atomic E-state index is 0.126. The molecule has 1 aromatic heterocycles. The molecule has 0 atom stereocenters. The van der Waals surface area contributed by atoms with Crippen molar-refractivity contribution in [2.75, 3.05) is 17.5 Å². The highest BCUT2D eigenvalue weighted by atomic mass is 32.2. The summed E-state index contributed by atoms with van der Waals surface area (Å²) in [7, 11) is -3.72. The lowest BCUT2D eigenvalue weighted by Crippen LogP contribution is -2.32. The minimum atomic E-state index is -3.72. The summed E-state index contributed by atoms with van der Waals surface area (Å²) >= 11 is 1.43. The standard InChI is InChI=1S/C18H18FNO2S2/c1-14-16-10-5-6-11-17(16)23-18(14)20(13-7-12-19)24(21,22)15-8-3-2-4-9-15/h2-6,8-11H,7,12-13H2,1H3. The number of sulfonamides is 1. The molecule has 126 valence electrons. The number of rotatable bonds is 6. The summed E-state index contributed by atoms with van der Waals surface area (Å²) in [6, 6.07) is 16.1. The average Bonchev–Trinajstić information content (AvgIpc) is 2.93. The summed E-state index contributed by atoms with van der Waals surface area (Å²) in [6.07, 6.45) is 0.166. The molecule has 24 heavy (non-hydrogen) atoms. The van der Waals surface area contributed by atoms with Crippen molar-refractivity contribution >= 4 is 36.4 Å². The number of alkyl halides is 1. The molecule has 0 saturated heterocycles. The van der Waals surface area contributed by atoms with Gasteiger partial charge >= 0.3 is 0 Å². The number of benzene rings is 2. The zero-order chi connectivity index (χ0) is 17.2. The van der Waals surface area contributed by atoms with Crippen LogP contribution in [-0.4, -0.2) is 21.6 Å². The molecule has 1 heterocycles. The number of fused-ring (bicyclic) bond motifs is 1. The maximum Gasteiger partial charge on any atom is 0.264 e. The van der Waals surface area contributed by atoms with E-state index in [0.29, 0.717) is 5.00 Å². The molecule has 0 unspecified atom stereocenters. The van der Waals surface area contributed by atoms with Gasteiger partial charge in [0.05, 0.1) is 11.6 Å². The largest absolute Gasteiger partial charge is 0.264 e. The summed E-state index contributed by atoms with van der Waals surface area (Å²) in [5, 5.41) is 1.69. The van der Waals surface area contributed by atoms with Gasteiger partial charge in [-0.25, -0.2) is 8.42 Å². The SMILES string of the molecule is Cc1c(N(CCCF)S(=O)(=O)c2ccccc2)sc2ccccc12. The van der Waals surface area contributed by atoms with Crippen LogP contribution in [0.5, 0.6) is 0 Å². The van der Waals surface area contributed by atoms with Crippen LogP contribution in [0.2, 0.25) is 0 Å². The van der Waals surface area contributed by atoms with E-state index < -0.39 is 16.7 Å². The number of hydrogen-bond donors (Lipinski definition) is 0. The van der Waals surface area contributed by atoms with E-state index in [9.17, 15) is 12.8 Å². The van der Waals surface area contributed by atoms with Crippen molar-refractivity contribution in [1.29, 1.82) is 0 Å². The highest BCUT2D eigenvalue weighted by Crippen LogP contribution is 2.39. The maximum absolute atomic E-state index is 13.1. The van der Waals surface area contributed by atoms with Crippen molar-refractivity contribution in [3.05, 3.63) is 60.2 Å². The molecule has 0 fully saturated rings. The Morgan fingerprint density at radius 1 is 1.04 bits per heavy atom. The lowest BCUT2D eigenvalue weighted by Gasteiger charge is -2.23. The predicted octanol–water partition coefficient (Wildman–Crippen LogP) is 4.76. The van der Waals surface area contributed by atoms with Gasteiger partial charge in [0.2, 0.25) is 0 Å². The van der Waals surface area contributed by atoms with E-state index in [1.807, 2.05) is 31.2 Å². The molecular formula is C18H18FNO2S2. The average molecular weight is 363 g/mol. The maximum atomic E-state index is 13.1. The zero-order valence-corrected chi connectivity index (χ0v) is 14.9. The van der Waals surface area contributed by atoms with Crippen molar-refractivity contribution < 1.29 is 12.8 Å². The van der Waals surface area contributed by atoms with Gasteiger partial charge in [-0.2, -0.15) is 0 Å². The molecular weight excluding hydrogens is 345 g/mol. The van der Waals surface area contributed by atoms with Gasteiger partial charge in [-0.1, -0.05) is 36.4 Å². The van der Waals surface area contributed by atoms with E-state index in [1.165, 1.54) is 15.6 Å². The van der Waals surface area contributed by atoms with Crippen molar-refractivity contribution in [3.63, 3.8) is 0 Å². The third-order valence-electron chi connectivity index (χ3n) is 3.87. The quantitative estimate of drug-likeness (QED) is 0.633. The molecule has 6 heteroatoms.